The average molecular weight is 434 g/mol. The summed E-state index contributed by atoms with van der Waals surface area (Å²) in [7, 11) is 0. The van der Waals surface area contributed by atoms with Crippen molar-refractivity contribution in [1.29, 1.82) is 0 Å². The smallest absolute Gasteiger partial charge is 0.167 e. The van der Waals surface area contributed by atoms with Gasteiger partial charge in [0.25, 0.3) is 0 Å². The predicted octanol–water partition coefficient (Wildman–Crippen LogP) is 3.60. The van der Waals surface area contributed by atoms with Gasteiger partial charge in [-0.15, -0.1) is 0 Å². The van der Waals surface area contributed by atoms with Gasteiger partial charge in [0.2, 0.25) is 0 Å². The van der Waals surface area contributed by atoms with E-state index in [4.69, 9.17) is 15.3 Å². The first-order valence-electron chi connectivity index (χ1n) is 7.47. The van der Waals surface area contributed by atoms with Crippen molar-refractivity contribution >= 4 is 0 Å². The number of aliphatic hydroxyl groups excluding tert-OH is 3. The zero-order chi connectivity index (χ0) is 18.4. The maximum Gasteiger partial charge on any atom is 0.167 e. The van der Waals surface area contributed by atoms with Crippen molar-refractivity contribution in [3.8, 4) is 0 Å². The van der Waals surface area contributed by atoms with Gasteiger partial charge in [0, 0.05) is 45.0 Å². The van der Waals surface area contributed by atoms with Gasteiger partial charge in [-0.2, -0.15) is 0 Å². The molecule has 0 amide bonds. The molecule has 24 heavy (non-hydrogen) atoms. The Labute approximate surface area is 159 Å². The Balaban J connectivity index is -0.000000337. The van der Waals surface area contributed by atoms with Gasteiger partial charge in [0.05, 0.1) is 12.2 Å². The van der Waals surface area contributed by atoms with Gasteiger partial charge in [0.15, 0.2) is 23.3 Å². The summed E-state index contributed by atoms with van der Waals surface area (Å²) in [5.41, 5.74) is -1.72. The second kappa shape index (κ2) is 17.5. The van der Waals surface area contributed by atoms with E-state index in [0.29, 0.717) is 13.2 Å². The molecule has 0 aliphatic carbocycles. The number of aliphatic hydroxyl groups is 3. The van der Waals surface area contributed by atoms with Crippen LogP contribution in [0, 0.1) is 30.2 Å². The van der Waals surface area contributed by atoms with Gasteiger partial charge in [-0.05, 0) is 19.8 Å². The molecule has 0 saturated carbocycles. The van der Waals surface area contributed by atoms with E-state index in [1.54, 1.807) is 0 Å². The van der Waals surface area contributed by atoms with Crippen LogP contribution in [0.25, 0.3) is 0 Å². The molecule has 0 aliphatic rings. The van der Waals surface area contributed by atoms with Crippen molar-refractivity contribution in [2.45, 2.75) is 53.1 Å². The van der Waals surface area contributed by atoms with E-state index in [2.05, 4.69) is 13.8 Å². The molecule has 0 aliphatic heterocycles. The summed E-state index contributed by atoms with van der Waals surface area (Å²) in [5.74, 6) is -6.02. The summed E-state index contributed by atoms with van der Waals surface area (Å²) in [6, 6.07) is 0. The van der Waals surface area contributed by atoms with Crippen LogP contribution in [-0.4, -0.2) is 28.5 Å². The molecule has 0 fully saturated rings. The van der Waals surface area contributed by atoms with Crippen molar-refractivity contribution in [3.05, 3.63) is 34.4 Å². The Kier molecular flexibility index (Phi) is 20.8. The Morgan fingerprint density at radius 1 is 0.708 bits per heavy atom. The summed E-state index contributed by atoms with van der Waals surface area (Å²) in [4.78, 5) is 0. The Morgan fingerprint density at radius 2 is 1.04 bits per heavy atom. The molecule has 0 heterocycles. The Hall–Kier alpha value is -0.297. The topological polar surface area (TPSA) is 60.7 Å². The average Bonchev–Trinajstić information content (AvgIpc) is 2.54. The molecule has 0 spiro atoms. The molecular formula is C16H26F4O3Zr. The molecule has 140 valence electrons. The van der Waals surface area contributed by atoms with Crippen LogP contribution < -0.4 is 0 Å². The molecule has 0 aromatic heterocycles. The van der Waals surface area contributed by atoms with Crippen LogP contribution in [0.2, 0.25) is 0 Å². The molecule has 3 N–H and O–H groups in total. The minimum atomic E-state index is -1.54. The maximum atomic E-state index is 12.8. The van der Waals surface area contributed by atoms with E-state index in [0.717, 1.165) is 32.6 Å². The fraction of sp³-hybridized carbons (Fsp3) is 0.625. The first kappa shape index (κ1) is 28.5. The van der Waals surface area contributed by atoms with Crippen LogP contribution in [0.15, 0.2) is 0 Å². The third-order valence-electron chi connectivity index (χ3n) is 2.76. The number of hydrogen-bond donors (Lipinski definition) is 3. The second-order valence-corrected chi connectivity index (χ2v) is 4.67. The third-order valence-corrected chi connectivity index (χ3v) is 2.76. The number of hydrogen-bond acceptors (Lipinski definition) is 3. The molecule has 0 saturated heterocycles. The van der Waals surface area contributed by atoms with Crippen molar-refractivity contribution in [3.63, 3.8) is 0 Å². The summed E-state index contributed by atoms with van der Waals surface area (Å²) in [6.45, 7) is 4.63. The van der Waals surface area contributed by atoms with Crippen LogP contribution in [0.4, 0.5) is 17.6 Å². The fourth-order valence-corrected chi connectivity index (χ4v) is 1.24. The van der Waals surface area contributed by atoms with Crippen molar-refractivity contribution < 1.29 is 59.1 Å². The third kappa shape index (κ3) is 10.5. The zero-order valence-electron chi connectivity index (χ0n) is 14.3. The zero-order valence-corrected chi connectivity index (χ0v) is 16.8. The van der Waals surface area contributed by atoms with Crippen LogP contribution in [-0.2, 0) is 32.8 Å². The van der Waals surface area contributed by atoms with Gasteiger partial charge in [0.1, 0.15) is 0 Å². The van der Waals surface area contributed by atoms with Crippen LogP contribution >= 0.6 is 0 Å². The molecule has 0 bridgehead atoms. The molecular weight excluding hydrogens is 407 g/mol. The molecule has 8 heteroatoms. The standard InChI is InChI=1S/C8H6F4O.2C4H10O.Zr/c1-3-5(9)7(11)4(2-13)8(12)6(3)10;2*1-2-3-4-5;/h13H,2H2,1H3;2*5H,2-4H2,1H3;. The molecule has 0 atom stereocenters. The molecule has 1 rings (SSSR count). The van der Waals surface area contributed by atoms with Crippen LogP contribution in [0.3, 0.4) is 0 Å². The van der Waals surface area contributed by atoms with Crippen LogP contribution in [0.1, 0.15) is 50.7 Å². The van der Waals surface area contributed by atoms with Gasteiger partial charge in [-0.1, -0.05) is 26.7 Å². The van der Waals surface area contributed by atoms with Gasteiger partial charge in [-0.25, -0.2) is 17.6 Å². The molecule has 0 radical (unpaired) electrons. The van der Waals surface area contributed by atoms with Gasteiger partial charge >= 0.3 is 0 Å². The maximum absolute atomic E-state index is 12.8. The number of rotatable bonds is 5. The first-order chi connectivity index (χ1) is 10.8. The summed E-state index contributed by atoms with van der Waals surface area (Å²) < 4.78 is 51.0. The van der Waals surface area contributed by atoms with Crippen molar-refractivity contribution in [2.75, 3.05) is 13.2 Å². The summed E-state index contributed by atoms with van der Waals surface area (Å²) in [6.07, 6.45) is 4.08. The number of unbranched alkanes of at least 4 members (excludes halogenated alkanes) is 2. The molecule has 3 nitrogen and oxygen atoms in total. The van der Waals surface area contributed by atoms with Crippen LogP contribution in [0.5, 0.6) is 0 Å². The minimum absolute atomic E-state index is 0. The van der Waals surface area contributed by atoms with E-state index in [9.17, 15) is 17.6 Å². The van der Waals surface area contributed by atoms with E-state index < -0.39 is 41.0 Å². The molecule has 1 aromatic rings. The van der Waals surface area contributed by atoms with E-state index in [-0.39, 0.29) is 26.2 Å². The van der Waals surface area contributed by atoms with E-state index >= 15 is 0 Å². The second-order valence-electron chi connectivity index (χ2n) is 4.67. The van der Waals surface area contributed by atoms with E-state index in [1.165, 1.54) is 0 Å². The quantitative estimate of drug-likeness (QED) is 0.491. The van der Waals surface area contributed by atoms with Crippen molar-refractivity contribution in [1.82, 2.24) is 0 Å². The van der Waals surface area contributed by atoms with Crippen molar-refractivity contribution in [2.24, 2.45) is 0 Å². The minimum Gasteiger partial charge on any atom is -0.396 e. The summed E-state index contributed by atoms with van der Waals surface area (Å²) in [5, 5.41) is 24.6. The first-order valence-corrected chi connectivity index (χ1v) is 7.47. The monoisotopic (exact) mass is 432 g/mol. The molecule has 1 aromatic carbocycles. The number of halogens is 4. The Bertz CT molecular complexity index is 407. The largest absolute Gasteiger partial charge is 0.396 e. The van der Waals surface area contributed by atoms with Gasteiger partial charge in [-0.3, -0.25) is 0 Å². The molecule has 0 unspecified atom stereocenters. The number of benzene rings is 1. The predicted molar refractivity (Wildman–Crippen MR) is 80.9 cm³/mol. The van der Waals surface area contributed by atoms with E-state index in [1.807, 2.05) is 0 Å². The Morgan fingerprint density at radius 3 is 1.21 bits per heavy atom. The van der Waals surface area contributed by atoms with Gasteiger partial charge < -0.3 is 15.3 Å². The SMILES string of the molecule is CCCCO.CCCCO.Cc1c(F)c(F)c(CO)c(F)c1F.[Zr]. The summed E-state index contributed by atoms with van der Waals surface area (Å²) >= 11 is 0. The fourth-order valence-electron chi connectivity index (χ4n) is 1.24. The normalized spacial score (nSPS) is 9.25.